The topological polar surface area (TPSA) is 57.4 Å². The summed E-state index contributed by atoms with van der Waals surface area (Å²) >= 11 is 0. The standard InChI is InChI=1S/C68H78N4/c1-5-9-13-17-21-49-25-33-53(34-26-49)62-47-61-46-59-42-41-57(69-59)45-58-43-44-60(70-58)48-63-64(54-35-27-50(28-36-54)22-18-14-10-6-2)65(55-37-29-51(30-38-55)23-19-15-11-7-3)68(72-63)66(67(62)71-61)56-39-31-52(32-40-56)24-20-16-12-8-4/h25-48,69,72H,5-24H2,1-4H3. The molecule has 2 aliphatic heterocycles. The smallest absolute Gasteiger partial charge is 0.0815 e. The number of unbranched alkanes of at least 4 members (excludes halogenated alkanes) is 12. The van der Waals surface area contributed by atoms with Crippen molar-refractivity contribution >= 4 is 45.9 Å². The Hall–Kier alpha value is -6.52. The highest BCUT2D eigenvalue weighted by molar-refractivity contribution is 6.10. The molecule has 0 fully saturated rings. The number of benzene rings is 4. The van der Waals surface area contributed by atoms with Gasteiger partial charge < -0.3 is 9.97 Å². The summed E-state index contributed by atoms with van der Waals surface area (Å²) in [6.45, 7) is 9.15. The molecule has 4 heteroatoms. The third-order valence-electron chi connectivity index (χ3n) is 14.9. The molecule has 4 nitrogen and oxygen atoms in total. The summed E-state index contributed by atoms with van der Waals surface area (Å²) in [4.78, 5) is 18.8. The molecule has 7 aromatic rings. The van der Waals surface area contributed by atoms with Crippen LogP contribution in [0.1, 0.15) is 181 Å². The van der Waals surface area contributed by atoms with Gasteiger partial charge in [-0.3, -0.25) is 0 Å². The first-order chi connectivity index (χ1) is 35.5. The number of nitrogens with one attached hydrogen (secondary N) is 2. The fourth-order valence-electron chi connectivity index (χ4n) is 10.7. The number of nitrogens with zero attached hydrogens (tertiary/aromatic N) is 2. The Morgan fingerprint density at radius 3 is 1.21 bits per heavy atom. The molecule has 0 amide bonds. The van der Waals surface area contributed by atoms with Gasteiger partial charge in [-0.1, -0.05) is 202 Å². The fraction of sp³-hybridized carbons (Fsp3) is 0.353. The summed E-state index contributed by atoms with van der Waals surface area (Å²) in [5.74, 6) is 0. The van der Waals surface area contributed by atoms with Crippen LogP contribution >= 0.6 is 0 Å². The predicted octanol–water partition coefficient (Wildman–Crippen LogP) is 19.6. The molecule has 3 aromatic heterocycles. The molecule has 2 aliphatic rings. The van der Waals surface area contributed by atoms with Crippen LogP contribution in [-0.4, -0.2) is 19.9 Å². The van der Waals surface area contributed by atoms with Gasteiger partial charge in [-0.2, -0.15) is 0 Å². The van der Waals surface area contributed by atoms with E-state index < -0.39 is 0 Å². The molecule has 0 atom stereocenters. The second kappa shape index (κ2) is 25.2. The van der Waals surface area contributed by atoms with Gasteiger partial charge in [0.2, 0.25) is 0 Å². The van der Waals surface area contributed by atoms with Gasteiger partial charge in [-0.25, -0.2) is 9.97 Å². The molecule has 0 radical (unpaired) electrons. The van der Waals surface area contributed by atoms with E-state index in [-0.39, 0.29) is 0 Å². The molecule has 0 unspecified atom stereocenters. The molecule has 370 valence electrons. The molecule has 9 rings (SSSR count). The first-order valence-corrected chi connectivity index (χ1v) is 28.1. The normalized spacial score (nSPS) is 12.2. The van der Waals surface area contributed by atoms with Crippen LogP contribution in [-0.2, 0) is 25.7 Å². The van der Waals surface area contributed by atoms with E-state index in [9.17, 15) is 0 Å². The third kappa shape index (κ3) is 12.7. The first kappa shape index (κ1) is 50.4. The van der Waals surface area contributed by atoms with Gasteiger partial charge in [0.05, 0.1) is 28.3 Å². The Labute approximate surface area is 431 Å². The van der Waals surface area contributed by atoms with Crippen LogP contribution in [0.4, 0.5) is 0 Å². The number of fused-ring (bicyclic) bond motifs is 8. The minimum atomic E-state index is 0.917. The molecule has 4 aromatic carbocycles. The lowest BCUT2D eigenvalue weighted by molar-refractivity contribution is 0.667. The summed E-state index contributed by atoms with van der Waals surface area (Å²) in [5.41, 5.74) is 22.7. The highest BCUT2D eigenvalue weighted by Crippen LogP contribution is 2.46. The van der Waals surface area contributed by atoms with Crippen LogP contribution in [0, 0.1) is 0 Å². The van der Waals surface area contributed by atoms with E-state index >= 15 is 0 Å². The van der Waals surface area contributed by atoms with E-state index in [1.807, 2.05) is 0 Å². The molecule has 72 heavy (non-hydrogen) atoms. The minimum Gasteiger partial charge on any atom is -0.355 e. The van der Waals surface area contributed by atoms with Crippen LogP contribution in [0.25, 0.3) is 79.2 Å². The lowest BCUT2D eigenvalue weighted by Crippen LogP contribution is -1.95. The average molecular weight is 951 g/mol. The summed E-state index contributed by atoms with van der Waals surface area (Å²) in [5, 5.41) is 0. The molecule has 8 bridgehead atoms. The maximum Gasteiger partial charge on any atom is 0.0815 e. The van der Waals surface area contributed by atoms with Crippen molar-refractivity contribution in [1.82, 2.24) is 19.9 Å². The maximum absolute atomic E-state index is 5.73. The summed E-state index contributed by atoms with van der Waals surface area (Å²) in [7, 11) is 0. The van der Waals surface area contributed by atoms with E-state index in [4.69, 9.17) is 9.97 Å². The van der Waals surface area contributed by atoms with Crippen LogP contribution in [0.5, 0.6) is 0 Å². The summed E-state index contributed by atoms with van der Waals surface area (Å²) in [6.07, 6.45) is 31.0. The second-order valence-corrected chi connectivity index (χ2v) is 20.6. The molecule has 0 saturated carbocycles. The van der Waals surface area contributed by atoms with E-state index in [2.05, 4.69) is 183 Å². The van der Waals surface area contributed by atoms with Crippen molar-refractivity contribution in [1.29, 1.82) is 0 Å². The molecule has 0 aliphatic carbocycles. The molecular formula is C68H78N4. The quantitative estimate of drug-likeness (QED) is 0.0593. The van der Waals surface area contributed by atoms with Crippen molar-refractivity contribution in [2.75, 3.05) is 0 Å². The molecular weight excluding hydrogens is 873 g/mol. The second-order valence-electron chi connectivity index (χ2n) is 20.6. The average Bonchev–Trinajstić information content (AvgIpc) is 4.23. The predicted molar refractivity (Wildman–Crippen MR) is 311 cm³/mol. The van der Waals surface area contributed by atoms with Gasteiger partial charge in [-0.05, 0) is 144 Å². The van der Waals surface area contributed by atoms with Crippen LogP contribution in [0.3, 0.4) is 0 Å². The highest BCUT2D eigenvalue weighted by Gasteiger charge is 2.25. The Morgan fingerprint density at radius 1 is 0.347 bits per heavy atom. The molecule has 5 heterocycles. The van der Waals surface area contributed by atoms with Gasteiger partial charge in [0, 0.05) is 38.8 Å². The Morgan fingerprint density at radius 2 is 0.750 bits per heavy atom. The van der Waals surface area contributed by atoms with Crippen molar-refractivity contribution in [3.8, 4) is 33.4 Å². The van der Waals surface area contributed by atoms with Crippen LogP contribution in [0.2, 0.25) is 0 Å². The van der Waals surface area contributed by atoms with Gasteiger partial charge >= 0.3 is 0 Å². The third-order valence-corrected chi connectivity index (χ3v) is 14.9. The van der Waals surface area contributed by atoms with Crippen LogP contribution < -0.4 is 0 Å². The van der Waals surface area contributed by atoms with Crippen molar-refractivity contribution in [2.45, 2.75) is 156 Å². The zero-order valence-electron chi connectivity index (χ0n) is 43.9. The van der Waals surface area contributed by atoms with Gasteiger partial charge in [0.15, 0.2) is 0 Å². The van der Waals surface area contributed by atoms with E-state index in [1.165, 1.54) is 153 Å². The Bertz CT molecular complexity index is 3090. The first-order valence-electron chi connectivity index (χ1n) is 28.1. The number of aryl methyl sites for hydroxylation is 4. The van der Waals surface area contributed by atoms with Gasteiger partial charge in [0.25, 0.3) is 0 Å². The lowest BCUT2D eigenvalue weighted by Gasteiger charge is -2.14. The van der Waals surface area contributed by atoms with E-state index in [0.717, 1.165) is 87.2 Å². The van der Waals surface area contributed by atoms with Crippen molar-refractivity contribution in [3.63, 3.8) is 0 Å². The van der Waals surface area contributed by atoms with Crippen molar-refractivity contribution in [3.05, 3.63) is 178 Å². The largest absolute Gasteiger partial charge is 0.355 e. The molecule has 2 N–H and O–H groups in total. The summed E-state index contributed by atoms with van der Waals surface area (Å²) in [6, 6.07) is 48.7. The number of H-pyrrole nitrogens is 2. The van der Waals surface area contributed by atoms with Crippen LogP contribution in [0.15, 0.2) is 127 Å². The highest BCUT2D eigenvalue weighted by atomic mass is 14.8. The zero-order valence-corrected chi connectivity index (χ0v) is 43.9. The molecule has 0 spiro atoms. The number of aromatic amines is 2. The monoisotopic (exact) mass is 951 g/mol. The summed E-state index contributed by atoms with van der Waals surface area (Å²) < 4.78 is 0. The number of rotatable bonds is 24. The van der Waals surface area contributed by atoms with Crippen molar-refractivity contribution < 1.29 is 0 Å². The zero-order chi connectivity index (χ0) is 49.5. The minimum absolute atomic E-state index is 0.917. The maximum atomic E-state index is 5.73. The number of hydrogen-bond acceptors (Lipinski definition) is 2. The number of aromatic nitrogens is 4. The SMILES string of the molecule is CCCCCCc1ccc(C2=Cc3cc4ccc(cc5nc(cc6[nH]c(c(-c7ccc(CCCCCC)cc7)c2n3)c(-c2ccc(CCCCCC)cc2)c6-c2ccc(CCCCCC)cc2)C=C5)[nH]4)cc1. The van der Waals surface area contributed by atoms with E-state index in [0.29, 0.717) is 0 Å². The van der Waals surface area contributed by atoms with Crippen molar-refractivity contribution in [2.24, 2.45) is 0 Å². The number of hydrogen-bond donors (Lipinski definition) is 2. The molecule has 0 saturated heterocycles. The Balaban J connectivity index is 1.34. The fourth-order valence-corrected chi connectivity index (χ4v) is 10.7. The van der Waals surface area contributed by atoms with E-state index in [1.54, 1.807) is 0 Å². The van der Waals surface area contributed by atoms with Gasteiger partial charge in [-0.15, -0.1) is 0 Å². The Kier molecular flexibility index (Phi) is 17.7. The van der Waals surface area contributed by atoms with Gasteiger partial charge in [0.1, 0.15) is 0 Å². The lowest BCUT2D eigenvalue weighted by atomic mass is 9.89.